The quantitative estimate of drug-likeness (QED) is 0.889. The Bertz CT molecular complexity index is 643. The summed E-state index contributed by atoms with van der Waals surface area (Å²) >= 11 is 0. The first kappa shape index (κ1) is 17.8. The van der Waals surface area contributed by atoms with Crippen LogP contribution in [0.2, 0.25) is 0 Å². The van der Waals surface area contributed by atoms with Gasteiger partial charge in [0, 0.05) is 19.0 Å². The average Bonchev–Trinajstić information content (AvgIpc) is 2.59. The van der Waals surface area contributed by atoms with Crippen LogP contribution < -0.4 is 10.5 Å². The number of ether oxygens (including phenoxy) is 1. The molecule has 1 aliphatic rings. The molecule has 6 heteroatoms. The maximum Gasteiger partial charge on any atom is 0.263 e. The van der Waals surface area contributed by atoms with E-state index >= 15 is 0 Å². The fraction of sp³-hybridized carbons (Fsp3) is 0.500. The second-order valence-corrected chi connectivity index (χ2v) is 6.39. The Kier molecular flexibility index (Phi) is 5.80. The van der Waals surface area contributed by atoms with Crippen LogP contribution in [0.5, 0.6) is 5.75 Å². The molecular weight excluding hydrogens is 306 g/mol. The average molecular weight is 329 g/mol. The van der Waals surface area contributed by atoms with E-state index in [1.165, 1.54) is 0 Å². The minimum absolute atomic E-state index is 0.0434. The van der Waals surface area contributed by atoms with Gasteiger partial charge in [-0.3, -0.25) is 9.59 Å². The molecule has 0 bridgehead atoms. The van der Waals surface area contributed by atoms with Gasteiger partial charge in [0.15, 0.2) is 6.10 Å². The third-order valence-electron chi connectivity index (χ3n) is 4.32. The van der Waals surface area contributed by atoms with Gasteiger partial charge in [0.1, 0.15) is 11.8 Å². The molecule has 2 N–H and O–H groups in total. The number of hydrogen-bond acceptors (Lipinski definition) is 4. The number of primary amides is 1. The predicted octanol–water partition coefficient (Wildman–Crippen LogP) is 1.69. The largest absolute Gasteiger partial charge is 0.479 e. The van der Waals surface area contributed by atoms with Gasteiger partial charge in [0.25, 0.3) is 5.91 Å². The van der Waals surface area contributed by atoms with Crippen LogP contribution in [0.15, 0.2) is 24.3 Å². The van der Waals surface area contributed by atoms with Crippen LogP contribution >= 0.6 is 0 Å². The summed E-state index contributed by atoms with van der Waals surface area (Å²) in [5, 5.41) is 9.17. The zero-order chi connectivity index (χ0) is 17.7. The number of carbonyl (C=O) groups is 2. The highest BCUT2D eigenvalue weighted by Gasteiger charge is 2.33. The molecule has 1 unspecified atom stereocenters. The summed E-state index contributed by atoms with van der Waals surface area (Å²) in [6, 6.07) is 8.96. The smallest absolute Gasteiger partial charge is 0.263 e. The first-order chi connectivity index (χ1) is 11.4. The van der Waals surface area contributed by atoms with Crippen LogP contribution in [0, 0.1) is 23.2 Å². The van der Waals surface area contributed by atoms with Crippen LogP contribution in [0.25, 0.3) is 0 Å². The van der Waals surface area contributed by atoms with Crippen molar-refractivity contribution in [3.05, 3.63) is 29.8 Å². The fourth-order valence-corrected chi connectivity index (χ4v) is 2.83. The van der Waals surface area contributed by atoms with Crippen molar-refractivity contribution in [2.45, 2.75) is 32.8 Å². The third-order valence-corrected chi connectivity index (χ3v) is 4.32. The molecule has 0 radical (unpaired) electrons. The summed E-state index contributed by atoms with van der Waals surface area (Å²) in [5.74, 6) is -0.202. The summed E-state index contributed by atoms with van der Waals surface area (Å²) in [4.78, 5) is 25.8. The van der Waals surface area contributed by atoms with E-state index < -0.39 is 6.10 Å². The number of para-hydroxylation sites is 1. The minimum atomic E-state index is -0.662. The zero-order valence-electron chi connectivity index (χ0n) is 14.1. The molecule has 2 rings (SSSR count). The van der Waals surface area contributed by atoms with E-state index in [9.17, 15) is 9.59 Å². The summed E-state index contributed by atoms with van der Waals surface area (Å²) < 4.78 is 5.88. The highest BCUT2D eigenvalue weighted by atomic mass is 16.5. The first-order valence-electron chi connectivity index (χ1n) is 8.18. The molecule has 1 aromatic carbocycles. The lowest BCUT2D eigenvalue weighted by Gasteiger charge is -2.34. The van der Waals surface area contributed by atoms with Crippen LogP contribution in [0.3, 0.4) is 0 Å². The molecule has 1 aromatic rings. The topological polar surface area (TPSA) is 96.4 Å². The number of amides is 2. The molecule has 0 saturated carbocycles. The van der Waals surface area contributed by atoms with Gasteiger partial charge in [0.05, 0.1) is 5.56 Å². The number of nitriles is 1. The van der Waals surface area contributed by atoms with Gasteiger partial charge >= 0.3 is 0 Å². The van der Waals surface area contributed by atoms with Gasteiger partial charge in [-0.15, -0.1) is 0 Å². The molecule has 6 nitrogen and oxygen atoms in total. The number of hydrogen-bond donors (Lipinski definition) is 1. The van der Waals surface area contributed by atoms with Crippen LogP contribution in [0.4, 0.5) is 0 Å². The molecule has 1 saturated heterocycles. The number of nitrogens with two attached hydrogens (primary N) is 1. The summed E-state index contributed by atoms with van der Waals surface area (Å²) in [6.07, 6.45) is 0.506. The summed E-state index contributed by atoms with van der Waals surface area (Å²) in [5.41, 5.74) is 5.74. The molecule has 24 heavy (non-hydrogen) atoms. The Labute approximate surface area is 142 Å². The Morgan fingerprint density at radius 3 is 2.46 bits per heavy atom. The monoisotopic (exact) mass is 329 g/mol. The molecule has 1 aliphatic heterocycles. The van der Waals surface area contributed by atoms with E-state index in [1.54, 1.807) is 29.2 Å². The van der Waals surface area contributed by atoms with E-state index in [1.807, 2.05) is 13.8 Å². The first-order valence-corrected chi connectivity index (χ1v) is 8.18. The normalized spacial score (nSPS) is 16.5. The molecule has 0 spiro atoms. The van der Waals surface area contributed by atoms with Gasteiger partial charge in [-0.1, -0.05) is 26.0 Å². The Balaban J connectivity index is 2.09. The van der Waals surface area contributed by atoms with E-state index in [4.69, 9.17) is 15.7 Å². The van der Waals surface area contributed by atoms with Crippen molar-refractivity contribution in [2.24, 2.45) is 17.6 Å². The second kappa shape index (κ2) is 7.82. The molecule has 2 amide bonds. The molecule has 0 aromatic heterocycles. The van der Waals surface area contributed by atoms with Crippen molar-refractivity contribution >= 4 is 11.8 Å². The standard InChI is InChI=1S/C18H23N3O3/c1-12(2)16(24-15-6-4-3-5-14(15)11-19)18(23)21-9-7-13(8-10-21)17(20)22/h3-6,12-13,16H,7-10H2,1-2H3,(H2,20,22). The van der Waals surface area contributed by atoms with Crippen molar-refractivity contribution in [3.8, 4) is 11.8 Å². The van der Waals surface area contributed by atoms with Crippen molar-refractivity contribution < 1.29 is 14.3 Å². The maximum absolute atomic E-state index is 12.8. The van der Waals surface area contributed by atoms with Gasteiger partial charge in [-0.25, -0.2) is 0 Å². The predicted molar refractivity (Wildman–Crippen MR) is 88.9 cm³/mol. The van der Waals surface area contributed by atoms with Crippen molar-refractivity contribution in [1.29, 1.82) is 5.26 Å². The van der Waals surface area contributed by atoms with E-state index in [-0.39, 0.29) is 23.7 Å². The summed E-state index contributed by atoms with van der Waals surface area (Å²) in [6.45, 7) is 4.82. The number of nitrogens with zero attached hydrogens (tertiary/aromatic N) is 2. The minimum Gasteiger partial charge on any atom is -0.479 e. The molecule has 128 valence electrons. The molecular formula is C18H23N3O3. The lowest BCUT2D eigenvalue weighted by atomic mass is 9.95. The summed E-state index contributed by atoms with van der Waals surface area (Å²) in [7, 11) is 0. The molecule has 0 aliphatic carbocycles. The Hall–Kier alpha value is -2.55. The third kappa shape index (κ3) is 4.05. The van der Waals surface area contributed by atoms with Crippen LogP contribution in [0.1, 0.15) is 32.3 Å². The number of piperidine rings is 1. The zero-order valence-corrected chi connectivity index (χ0v) is 14.1. The van der Waals surface area contributed by atoms with Crippen molar-refractivity contribution in [1.82, 2.24) is 4.90 Å². The van der Waals surface area contributed by atoms with Crippen molar-refractivity contribution in [3.63, 3.8) is 0 Å². The number of rotatable bonds is 5. The van der Waals surface area contributed by atoms with Gasteiger partial charge < -0.3 is 15.4 Å². The number of benzene rings is 1. The van der Waals surface area contributed by atoms with Crippen LogP contribution in [-0.4, -0.2) is 35.9 Å². The highest BCUT2D eigenvalue weighted by Crippen LogP contribution is 2.24. The van der Waals surface area contributed by atoms with Crippen molar-refractivity contribution in [2.75, 3.05) is 13.1 Å². The fourth-order valence-electron chi connectivity index (χ4n) is 2.83. The Morgan fingerprint density at radius 1 is 1.29 bits per heavy atom. The maximum atomic E-state index is 12.8. The van der Waals surface area contributed by atoms with E-state index in [0.29, 0.717) is 37.2 Å². The van der Waals surface area contributed by atoms with E-state index in [0.717, 1.165) is 0 Å². The van der Waals surface area contributed by atoms with Gasteiger partial charge in [-0.05, 0) is 30.9 Å². The van der Waals surface area contributed by atoms with E-state index in [2.05, 4.69) is 6.07 Å². The second-order valence-electron chi connectivity index (χ2n) is 6.39. The van der Waals surface area contributed by atoms with Gasteiger partial charge in [0.2, 0.25) is 5.91 Å². The SMILES string of the molecule is CC(C)C(Oc1ccccc1C#N)C(=O)N1CCC(C(N)=O)CC1. The lowest BCUT2D eigenvalue weighted by molar-refractivity contribution is -0.143. The number of carbonyl (C=O) groups excluding carboxylic acids is 2. The highest BCUT2D eigenvalue weighted by molar-refractivity contribution is 5.82. The van der Waals surface area contributed by atoms with Crippen LogP contribution in [-0.2, 0) is 9.59 Å². The molecule has 1 heterocycles. The van der Waals surface area contributed by atoms with Gasteiger partial charge in [-0.2, -0.15) is 5.26 Å². The number of likely N-dealkylation sites (tertiary alicyclic amines) is 1. The Morgan fingerprint density at radius 2 is 1.92 bits per heavy atom. The molecule has 1 atom stereocenters. The molecule has 1 fully saturated rings. The lowest BCUT2D eigenvalue weighted by Crippen LogP contribution is -2.49.